The molecule has 356 valence electrons. The van der Waals surface area contributed by atoms with Crippen molar-refractivity contribution in [2.24, 2.45) is 0 Å². The Labute approximate surface area is 394 Å². The van der Waals surface area contributed by atoms with Gasteiger partial charge in [0, 0.05) is 34.7 Å². The van der Waals surface area contributed by atoms with E-state index in [2.05, 4.69) is 25.7 Å². The molecule has 1 unspecified atom stereocenters. The molecule has 21 heteroatoms. The molecule has 1 atom stereocenters. The fraction of sp³-hybridized carbons (Fsp3) is 0.319. The molecule has 2 aromatic heterocycles. The van der Waals surface area contributed by atoms with Gasteiger partial charge in [0.15, 0.2) is 16.4 Å². The number of aromatic amines is 2. The van der Waals surface area contributed by atoms with E-state index in [9.17, 15) is 36.8 Å². The molecule has 8 rings (SSSR count). The van der Waals surface area contributed by atoms with Crippen molar-refractivity contribution >= 4 is 56.1 Å². The number of sulfone groups is 1. The molecule has 4 heterocycles. The quantitative estimate of drug-likeness (QED) is 0.0558. The van der Waals surface area contributed by atoms with E-state index in [1.807, 2.05) is 0 Å². The van der Waals surface area contributed by atoms with Crippen molar-refractivity contribution in [1.82, 2.24) is 35.3 Å². The van der Waals surface area contributed by atoms with Gasteiger partial charge in [0.1, 0.15) is 17.6 Å². The van der Waals surface area contributed by atoms with Gasteiger partial charge in [-0.05, 0) is 85.0 Å². The number of hydrogen-bond donors (Lipinski definition) is 4. The Balaban J connectivity index is 0.730. The number of carbonyl (C=O) groups is 4. The summed E-state index contributed by atoms with van der Waals surface area (Å²) in [7, 11) is -3.72. The van der Waals surface area contributed by atoms with E-state index in [0.29, 0.717) is 62.6 Å². The molecular weight excluding hydrogens is 925 g/mol. The van der Waals surface area contributed by atoms with E-state index in [1.165, 1.54) is 33.8 Å². The van der Waals surface area contributed by atoms with Gasteiger partial charge in [-0.1, -0.05) is 41.9 Å². The molecule has 1 fully saturated rings. The summed E-state index contributed by atoms with van der Waals surface area (Å²) < 4.78 is 63.6. The van der Waals surface area contributed by atoms with Crippen molar-refractivity contribution in [1.29, 1.82) is 0 Å². The number of amides is 4. The number of nitrogens with zero attached hydrogens (tertiary/aromatic N) is 3. The van der Waals surface area contributed by atoms with Crippen LogP contribution >= 0.6 is 11.6 Å². The minimum atomic E-state index is -3.72. The van der Waals surface area contributed by atoms with Gasteiger partial charge in [-0.2, -0.15) is 4.68 Å². The van der Waals surface area contributed by atoms with Gasteiger partial charge < -0.3 is 34.1 Å². The highest BCUT2D eigenvalue weighted by molar-refractivity contribution is 7.91. The van der Waals surface area contributed by atoms with Gasteiger partial charge >= 0.3 is 0 Å². The lowest BCUT2D eigenvalue weighted by Crippen LogP contribution is -2.52. The van der Waals surface area contributed by atoms with Crippen molar-refractivity contribution in [2.45, 2.75) is 43.2 Å². The smallest absolute Gasteiger partial charge is 0.277 e. The second-order valence-electron chi connectivity index (χ2n) is 16.0. The zero-order valence-corrected chi connectivity index (χ0v) is 38.1. The minimum absolute atomic E-state index is 0.0640. The number of aryl methyl sites for hydroxylation is 1. The topological polar surface area (TPSA) is 233 Å². The SMILES string of the molecule is O=C(COc1cccc2c1CN(C1CCC(=O)NC1=O)C2=O)NCCOCCOCCOCCS(=O)(=O)c1ccc(-c2[nH]n(-c3nc4ccc(Cl)cc4[nH]3)c(=O)c2CCc2ccc(F)cc2)cc1. The fourth-order valence-corrected chi connectivity index (χ4v) is 9.19. The van der Waals surface area contributed by atoms with Crippen molar-refractivity contribution in [3.63, 3.8) is 0 Å². The summed E-state index contributed by atoms with van der Waals surface area (Å²) in [5, 5.41) is 8.63. The molecule has 4 N–H and O–H groups in total. The predicted octanol–water partition coefficient (Wildman–Crippen LogP) is 4.07. The third-order valence-electron chi connectivity index (χ3n) is 11.4. The van der Waals surface area contributed by atoms with Crippen molar-refractivity contribution in [3.05, 3.63) is 128 Å². The van der Waals surface area contributed by atoms with Gasteiger partial charge in [0.05, 0.1) is 73.6 Å². The Morgan fingerprint density at radius 1 is 0.882 bits per heavy atom. The lowest BCUT2D eigenvalue weighted by atomic mass is 10.0. The van der Waals surface area contributed by atoms with E-state index in [1.54, 1.807) is 60.7 Å². The Hall–Kier alpha value is -6.71. The number of hydrogen-bond acceptors (Lipinski definition) is 12. The molecular formula is C47H47ClFN7O11S. The number of rotatable bonds is 22. The van der Waals surface area contributed by atoms with Gasteiger partial charge in [0.2, 0.25) is 17.8 Å². The number of benzene rings is 4. The number of piperidine rings is 1. The van der Waals surface area contributed by atoms with Crippen molar-refractivity contribution in [3.8, 4) is 23.0 Å². The molecule has 0 aliphatic carbocycles. The number of aromatic nitrogens is 4. The Morgan fingerprint density at radius 3 is 2.37 bits per heavy atom. The first kappa shape index (κ1) is 47.8. The molecule has 1 saturated heterocycles. The molecule has 0 radical (unpaired) electrons. The number of halogens is 2. The number of imide groups is 1. The van der Waals surface area contributed by atoms with Crippen LogP contribution in [-0.2, 0) is 57.8 Å². The average molecular weight is 972 g/mol. The Kier molecular flexibility index (Phi) is 15.1. The fourth-order valence-electron chi connectivity index (χ4n) is 7.89. The lowest BCUT2D eigenvalue weighted by molar-refractivity contribution is -0.137. The van der Waals surface area contributed by atoms with E-state index in [-0.39, 0.29) is 112 Å². The number of fused-ring (bicyclic) bond motifs is 2. The second kappa shape index (κ2) is 21.5. The van der Waals surface area contributed by atoms with E-state index >= 15 is 0 Å². The van der Waals surface area contributed by atoms with Crippen LogP contribution in [0.5, 0.6) is 5.75 Å². The molecule has 2 aliphatic heterocycles. The zero-order valence-electron chi connectivity index (χ0n) is 36.6. The summed E-state index contributed by atoms with van der Waals surface area (Å²) in [4.78, 5) is 72.4. The van der Waals surface area contributed by atoms with Crippen LogP contribution in [0.15, 0.2) is 94.6 Å². The number of ether oxygens (including phenoxy) is 4. The summed E-state index contributed by atoms with van der Waals surface area (Å²) in [6, 6.07) is 21.6. The van der Waals surface area contributed by atoms with E-state index in [0.717, 1.165) is 5.56 Å². The van der Waals surface area contributed by atoms with Crippen LogP contribution in [0.2, 0.25) is 5.02 Å². The van der Waals surface area contributed by atoms with E-state index in [4.69, 9.17) is 30.5 Å². The zero-order chi connectivity index (χ0) is 47.8. The van der Waals surface area contributed by atoms with Crippen LogP contribution < -0.4 is 20.9 Å². The number of nitrogens with one attached hydrogen (secondary N) is 4. The largest absolute Gasteiger partial charge is 0.483 e. The summed E-state index contributed by atoms with van der Waals surface area (Å²) in [5.74, 6) is -1.64. The third-order valence-corrected chi connectivity index (χ3v) is 13.3. The lowest BCUT2D eigenvalue weighted by Gasteiger charge is -2.29. The highest BCUT2D eigenvalue weighted by atomic mass is 35.5. The first-order chi connectivity index (χ1) is 32.8. The predicted molar refractivity (Wildman–Crippen MR) is 246 cm³/mol. The van der Waals surface area contributed by atoms with Crippen molar-refractivity contribution < 1.29 is 50.9 Å². The molecule has 4 aromatic carbocycles. The maximum absolute atomic E-state index is 13.9. The molecule has 0 spiro atoms. The highest BCUT2D eigenvalue weighted by Crippen LogP contribution is 2.34. The van der Waals surface area contributed by atoms with Crippen molar-refractivity contribution in [2.75, 3.05) is 58.5 Å². The number of carbonyl (C=O) groups excluding carboxylic acids is 4. The monoisotopic (exact) mass is 971 g/mol. The second-order valence-corrected chi connectivity index (χ2v) is 18.5. The van der Waals surface area contributed by atoms with Crippen LogP contribution in [0.4, 0.5) is 4.39 Å². The molecule has 4 amide bonds. The first-order valence-corrected chi connectivity index (χ1v) is 23.8. The number of H-pyrrole nitrogens is 2. The maximum Gasteiger partial charge on any atom is 0.277 e. The van der Waals surface area contributed by atoms with Gasteiger partial charge in [-0.25, -0.2) is 17.8 Å². The van der Waals surface area contributed by atoms with Gasteiger partial charge in [-0.15, -0.1) is 0 Å². The molecule has 6 aromatic rings. The molecule has 18 nitrogen and oxygen atoms in total. The van der Waals surface area contributed by atoms with Gasteiger partial charge in [0.25, 0.3) is 17.4 Å². The maximum atomic E-state index is 13.9. The summed E-state index contributed by atoms with van der Waals surface area (Å²) in [6.45, 7) is 1.03. The number of imidazole rings is 1. The van der Waals surface area contributed by atoms with Gasteiger partial charge in [-0.3, -0.25) is 34.4 Å². The average Bonchev–Trinajstić information content (AvgIpc) is 4.00. The van der Waals surface area contributed by atoms with Crippen LogP contribution in [0.25, 0.3) is 28.2 Å². The van der Waals surface area contributed by atoms with Crippen LogP contribution in [-0.4, -0.2) is 121 Å². The first-order valence-electron chi connectivity index (χ1n) is 21.8. The van der Waals surface area contributed by atoms with Crippen LogP contribution in [0, 0.1) is 5.82 Å². The molecule has 2 aliphatic rings. The standard InChI is InChI=1S/C47H47ClFN7O11S/c48-31-9-15-37-38(26-31)52-47(51-37)56-46(61)35(14-6-29-4-10-32(49)11-5-29)43(54-56)30-7-12-33(13-8-30)68(62,63)25-24-66-23-22-65-21-20-64-19-18-50-42(58)28-67-40-3-1-2-34-36(40)27-55(45(34)60)39-16-17-41(57)53-44(39)59/h1-5,7-13,15,26,39,54H,6,14,16-25,27-28H2,(H,50,58)(H,51,52)(H,53,57,59). The van der Waals surface area contributed by atoms with Crippen LogP contribution in [0.3, 0.4) is 0 Å². The molecule has 0 saturated carbocycles. The normalized spacial score (nSPS) is 14.9. The summed E-state index contributed by atoms with van der Waals surface area (Å²) in [5.41, 5.74) is 4.20. The molecule has 0 bridgehead atoms. The summed E-state index contributed by atoms with van der Waals surface area (Å²) >= 11 is 6.16. The summed E-state index contributed by atoms with van der Waals surface area (Å²) in [6.07, 6.45) is 1.14. The highest BCUT2D eigenvalue weighted by Gasteiger charge is 2.40. The van der Waals surface area contributed by atoms with Crippen LogP contribution in [0.1, 0.15) is 39.9 Å². The van der Waals surface area contributed by atoms with E-state index < -0.39 is 27.7 Å². The Morgan fingerprint density at radius 2 is 1.62 bits per heavy atom. The Bertz CT molecular complexity index is 2990. The molecule has 68 heavy (non-hydrogen) atoms. The minimum Gasteiger partial charge on any atom is -0.483 e. The third kappa shape index (κ3) is 11.3.